The number of hydrogen-bond acceptors (Lipinski definition) is 6. The molecule has 2 unspecified atom stereocenters. The molecular weight excluding hydrogens is 408 g/mol. The van der Waals surface area contributed by atoms with E-state index in [1.54, 1.807) is 32.0 Å². The molecule has 2 atom stereocenters. The van der Waals surface area contributed by atoms with E-state index < -0.39 is 46.3 Å². The highest BCUT2D eigenvalue weighted by Crippen LogP contribution is 2.16. The minimum absolute atomic E-state index is 0.0290. The molecule has 1 aliphatic rings. The Morgan fingerprint density at radius 2 is 1.93 bits per heavy atom. The third-order valence-corrected chi connectivity index (χ3v) is 6.37. The Bertz CT molecular complexity index is 855. The standard InChI is InChI=1S/C18H23ClN2O6S/c1-11(2)16(21-17(23)13-5-3-4-6-14(13)19)18(24)27-9-15(22)20-12-7-8-28(25,26)10-12/h3-6,11-12,16H,7-10H2,1-2H3,(H,20,22)(H,21,23). The summed E-state index contributed by atoms with van der Waals surface area (Å²) in [6.07, 6.45) is 0.338. The molecule has 154 valence electrons. The lowest BCUT2D eigenvalue weighted by Gasteiger charge is -2.21. The summed E-state index contributed by atoms with van der Waals surface area (Å²) >= 11 is 5.99. The summed E-state index contributed by atoms with van der Waals surface area (Å²) in [5, 5.41) is 5.36. The first-order valence-electron chi connectivity index (χ1n) is 8.81. The quantitative estimate of drug-likeness (QED) is 0.621. The van der Waals surface area contributed by atoms with Crippen molar-refractivity contribution in [2.24, 2.45) is 5.92 Å². The molecule has 0 saturated carbocycles. The molecule has 2 rings (SSSR count). The highest BCUT2D eigenvalue weighted by Gasteiger charge is 2.30. The van der Waals surface area contributed by atoms with Gasteiger partial charge in [-0.15, -0.1) is 0 Å². The molecule has 1 aliphatic heterocycles. The predicted octanol–water partition coefficient (Wildman–Crippen LogP) is 0.941. The van der Waals surface area contributed by atoms with Crippen LogP contribution >= 0.6 is 11.6 Å². The Morgan fingerprint density at radius 1 is 1.25 bits per heavy atom. The molecular formula is C18H23ClN2O6S. The Morgan fingerprint density at radius 3 is 2.50 bits per heavy atom. The van der Waals surface area contributed by atoms with Crippen LogP contribution in [0.5, 0.6) is 0 Å². The monoisotopic (exact) mass is 430 g/mol. The predicted molar refractivity (Wildman–Crippen MR) is 104 cm³/mol. The van der Waals surface area contributed by atoms with Gasteiger partial charge in [0.15, 0.2) is 16.4 Å². The second-order valence-corrected chi connectivity index (χ2v) is 9.59. The molecule has 1 heterocycles. The van der Waals surface area contributed by atoms with E-state index in [0.717, 1.165) is 0 Å². The smallest absolute Gasteiger partial charge is 0.329 e. The molecule has 10 heteroatoms. The van der Waals surface area contributed by atoms with Gasteiger partial charge in [0.25, 0.3) is 11.8 Å². The number of benzene rings is 1. The first kappa shape index (κ1) is 22.2. The van der Waals surface area contributed by atoms with E-state index in [0.29, 0.717) is 6.42 Å². The fourth-order valence-corrected chi connectivity index (χ4v) is 4.66. The highest BCUT2D eigenvalue weighted by atomic mass is 35.5. The second kappa shape index (κ2) is 9.38. The van der Waals surface area contributed by atoms with Crippen LogP contribution in [-0.2, 0) is 24.2 Å². The Labute approximate surface area is 168 Å². The van der Waals surface area contributed by atoms with Gasteiger partial charge in [-0.25, -0.2) is 13.2 Å². The SMILES string of the molecule is CC(C)C(NC(=O)c1ccccc1Cl)C(=O)OCC(=O)NC1CCS(=O)(=O)C1. The van der Waals surface area contributed by atoms with Crippen LogP contribution in [0, 0.1) is 5.92 Å². The molecule has 1 saturated heterocycles. The number of carbonyl (C=O) groups excluding carboxylic acids is 3. The highest BCUT2D eigenvalue weighted by molar-refractivity contribution is 7.91. The van der Waals surface area contributed by atoms with Crippen LogP contribution in [0.4, 0.5) is 0 Å². The maximum absolute atomic E-state index is 12.4. The summed E-state index contributed by atoms with van der Waals surface area (Å²) in [6.45, 7) is 2.89. The van der Waals surface area contributed by atoms with E-state index in [-0.39, 0.29) is 28.0 Å². The third kappa shape index (κ3) is 6.20. The van der Waals surface area contributed by atoms with E-state index >= 15 is 0 Å². The van der Waals surface area contributed by atoms with Gasteiger partial charge in [0.2, 0.25) is 0 Å². The number of rotatable bonds is 7. The zero-order chi connectivity index (χ0) is 20.9. The van der Waals surface area contributed by atoms with Gasteiger partial charge in [-0.05, 0) is 24.5 Å². The minimum atomic E-state index is -3.12. The fourth-order valence-electron chi connectivity index (χ4n) is 2.77. The number of amides is 2. The summed E-state index contributed by atoms with van der Waals surface area (Å²) < 4.78 is 27.8. The van der Waals surface area contributed by atoms with Gasteiger partial charge in [-0.2, -0.15) is 0 Å². The summed E-state index contributed by atoms with van der Waals surface area (Å²) in [5.41, 5.74) is 0.225. The van der Waals surface area contributed by atoms with Gasteiger partial charge in [0, 0.05) is 6.04 Å². The molecule has 0 radical (unpaired) electrons. The number of nitrogens with one attached hydrogen (secondary N) is 2. The largest absolute Gasteiger partial charge is 0.454 e. The van der Waals surface area contributed by atoms with Crippen molar-refractivity contribution in [3.63, 3.8) is 0 Å². The van der Waals surface area contributed by atoms with Gasteiger partial charge >= 0.3 is 5.97 Å². The Hall–Kier alpha value is -2.13. The van der Waals surface area contributed by atoms with Gasteiger partial charge in [-0.1, -0.05) is 37.6 Å². The first-order valence-corrected chi connectivity index (χ1v) is 11.0. The molecule has 2 amide bonds. The van der Waals surface area contributed by atoms with E-state index in [1.165, 1.54) is 6.07 Å². The average molecular weight is 431 g/mol. The molecule has 1 aromatic carbocycles. The number of ether oxygens (including phenoxy) is 1. The van der Waals surface area contributed by atoms with Crippen molar-refractivity contribution in [1.29, 1.82) is 0 Å². The molecule has 0 bridgehead atoms. The van der Waals surface area contributed by atoms with Gasteiger partial charge in [-0.3, -0.25) is 9.59 Å². The van der Waals surface area contributed by atoms with Gasteiger partial charge in [0.1, 0.15) is 6.04 Å². The zero-order valence-corrected chi connectivity index (χ0v) is 17.2. The lowest BCUT2D eigenvalue weighted by Crippen LogP contribution is -2.46. The van der Waals surface area contributed by atoms with Crippen LogP contribution in [0.15, 0.2) is 24.3 Å². The topological polar surface area (TPSA) is 119 Å². The number of halogens is 1. The van der Waals surface area contributed by atoms with E-state index in [4.69, 9.17) is 16.3 Å². The van der Waals surface area contributed by atoms with E-state index in [9.17, 15) is 22.8 Å². The number of hydrogen-bond donors (Lipinski definition) is 2. The van der Waals surface area contributed by atoms with Crippen LogP contribution < -0.4 is 10.6 Å². The maximum atomic E-state index is 12.4. The fraction of sp³-hybridized carbons (Fsp3) is 0.500. The lowest BCUT2D eigenvalue weighted by atomic mass is 10.0. The van der Waals surface area contributed by atoms with E-state index in [2.05, 4.69) is 10.6 Å². The zero-order valence-electron chi connectivity index (χ0n) is 15.6. The summed E-state index contributed by atoms with van der Waals surface area (Å²) in [6, 6.07) is 4.98. The summed E-state index contributed by atoms with van der Waals surface area (Å²) in [7, 11) is -3.12. The number of sulfone groups is 1. The Kier molecular flexibility index (Phi) is 7.42. The average Bonchev–Trinajstić information content (AvgIpc) is 2.95. The first-order chi connectivity index (χ1) is 13.1. The van der Waals surface area contributed by atoms with Crippen molar-refractivity contribution in [2.75, 3.05) is 18.1 Å². The van der Waals surface area contributed by atoms with Crippen molar-refractivity contribution in [2.45, 2.75) is 32.4 Å². The molecule has 28 heavy (non-hydrogen) atoms. The van der Waals surface area contributed by atoms with E-state index in [1.807, 2.05) is 0 Å². The molecule has 2 N–H and O–H groups in total. The van der Waals surface area contributed by atoms with Crippen molar-refractivity contribution in [3.05, 3.63) is 34.9 Å². The van der Waals surface area contributed by atoms with Crippen LogP contribution in [0.2, 0.25) is 5.02 Å². The molecule has 0 aromatic heterocycles. The lowest BCUT2D eigenvalue weighted by molar-refractivity contribution is -0.151. The minimum Gasteiger partial charge on any atom is -0.454 e. The third-order valence-electron chi connectivity index (χ3n) is 4.27. The van der Waals surface area contributed by atoms with Crippen molar-refractivity contribution in [1.82, 2.24) is 10.6 Å². The molecule has 1 fully saturated rings. The molecule has 1 aromatic rings. The van der Waals surface area contributed by atoms with Gasteiger partial charge < -0.3 is 15.4 Å². The molecule has 0 aliphatic carbocycles. The van der Waals surface area contributed by atoms with Crippen LogP contribution in [0.1, 0.15) is 30.6 Å². The number of carbonyl (C=O) groups is 3. The van der Waals surface area contributed by atoms with Crippen LogP contribution in [0.25, 0.3) is 0 Å². The summed E-state index contributed by atoms with van der Waals surface area (Å²) in [5.74, 6) is -2.25. The van der Waals surface area contributed by atoms with Crippen molar-refractivity contribution in [3.8, 4) is 0 Å². The second-order valence-electron chi connectivity index (χ2n) is 6.95. The molecule has 8 nitrogen and oxygen atoms in total. The van der Waals surface area contributed by atoms with Crippen LogP contribution in [0.3, 0.4) is 0 Å². The normalized spacial score (nSPS) is 19.1. The van der Waals surface area contributed by atoms with Crippen LogP contribution in [-0.4, -0.2) is 56.4 Å². The van der Waals surface area contributed by atoms with Gasteiger partial charge in [0.05, 0.1) is 22.1 Å². The van der Waals surface area contributed by atoms with Crippen molar-refractivity contribution >= 4 is 39.2 Å². The van der Waals surface area contributed by atoms with Crippen molar-refractivity contribution < 1.29 is 27.5 Å². The maximum Gasteiger partial charge on any atom is 0.329 e. The molecule has 0 spiro atoms. The summed E-state index contributed by atoms with van der Waals surface area (Å²) in [4.78, 5) is 36.6. The number of esters is 1. The Balaban J connectivity index is 1.89.